The average molecular weight is 288 g/mol. The molecule has 5 nitrogen and oxygen atoms in total. The first-order chi connectivity index (χ1) is 8.05. The van der Waals surface area contributed by atoms with Crippen molar-refractivity contribution in [2.75, 3.05) is 0 Å². The zero-order chi connectivity index (χ0) is 12.3. The molecule has 0 saturated carbocycles. The van der Waals surface area contributed by atoms with Crippen LogP contribution in [0.3, 0.4) is 0 Å². The Morgan fingerprint density at radius 2 is 1.72 bits per heavy atom. The van der Waals surface area contributed by atoms with Gasteiger partial charge in [-0.1, -0.05) is 18.2 Å². The average Bonchev–Trinajstić information content (AvgIpc) is 2.30. The molecule has 0 aliphatic heterocycles. The maximum Gasteiger partial charge on any atom is 0.296 e. The number of hydrogen-bond acceptors (Lipinski definition) is 4. The van der Waals surface area contributed by atoms with Crippen LogP contribution in [0.2, 0.25) is 0 Å². The molecule has 0 amide bonds. The lowest BCUT2D eigenvalue weighted by Gasteiger charge is -2.04. The predicted octanol–water partition coefficient (Wildman–Crippen LogP) is 2.54. The van der Waals surface area contributed by atoms with Crippen LogP contribution in [0.1, 0.15) is 0 Å². The van der Waals surface area contributed by atoms with Gasteiger partial charge in [-0.15, -0.1) is 12.4 Å². The van der Waals surface area contributed by atoms with Gasteiger partial charge in [0.2, 0.25) is 5.88 Å². The van der Waals surface area contributed by atoms with Crippen LogP contribution in [0.25, 0.3) is 0 Å². The summed E-state index contributed by atoms with van der Waals surface area (Å²) >= 11 is 0. The van der Waals surface area contributed by atoms with Gasteiger partial charge in [-0.2, -0.15) is 8.42 Å². The second kappa shape index (κ2) is 5.81. The fourth-order valence-electron chi connectivity index (χ4n) is 1.19. The van der Waals surface area contributed by atoms with Crippen molar-refractivity contribution in [2.45, 2.75) is 4.90 Å². The molecular formula is C11H10ClNO4S. The maximum absolute atomic E-state index is 10.8. The summed E-state index contributed by atoms with van der Waals surface area (Å²) in [5.74, 6) is 0.850. The summed E-state index contributed by atoms with van der Waals surface area (Å²) in [6.07, 6.45) is 1.04. The van der Waals surface area contributed by atoms with E-state index < -0.39 is 10.1 Å². The summed E-state index contributed by atoms with van der Waals surface area (Å²) in [6, 6.07) is 11.6. The number of ether oxygens (including phenoxy) is 1. The van der Waals surface area contributed by atoms with Crippen molar-refractivity contribution in [3.8, 4) is 11.6 Å². The van der Waals surface area contributed by atoms with E-state index in [1.54, 1.807) is 12.1 Å². The number of para-hydroxylation sites is 1. The summed E-state index contributed by atoms with van der Waals surface area (Å²) in [7, 11) is -4.21. The summed E-state index contributed by atoms with van der Waals surface area (Å²) in [6.45, 7) is 0. The van der Waals surface area contributed by atoms with Crippen LogP contribution in [0.4, 0.5) is 0 Å². The fraction of sp³-hybridized carbons (Fsp3) is 0. The van der Waals surface area contributed by atoms with E-state index in [4.69, 9.17) is 9.29 Å². The highest BCUT2D eigenvalue weighted by Crippen LogP contribution is 2.19. The van der Waals surface area contributed by atoms with Crippen molar-refractivity contribution in [3.05, 3.63) is 48.7 Å². The molecule has 1 aromatic carbocycles. The molecule has 1 aromatic heterocycles. The number of rotatable bonds is 3. The van der Waals surface area contributed by atoms with E-state index in [2.05, 4.69) is 4.98 Å². The molecule has 18 heavy (non-hydrogen) atoms. The lowest BCUT2D eigenvalue weighted by Crippen LogP contribution is -1.98. The Morgan fingerprint density at radius 1 is 1.06 bits per heavy atom. The van der Waals surface area contributed by atoms with Crippen LogP contribution in [-0.4, -0.2) is 18.0 Å². The molecule has 0 unspecified atom stereocenters. The largest absolute Gasteiger partial charge is 0.439 e. The third-order valence-electron chi connectivity index (χ3n) is 1.97. The van der Waals surface area contributed by atoms with Gasteiger partial charge in [0.1, 0.15) is 10.6 Å². The molecule has 0 spiro atoms. The fourth-order valence-corrected chi connectivity index (χ4v) is 1.61. The topological polar surface area (TPSA) is 76.5 Å². The van der Waals surface area contributed by atoms with Gasteiger partial charge in [-0.05, 0) is 18.2 Å². The first-order valence-electron chi connectivity index (χ1n) is 4.72. The third kappa shape index (κ3) is 3.69. The van der Waals surface area contributed by atoms with E-state index in [1.165, 1.54) is 12.1 Å². The van der Waals surface area contributed by atoms with E-state index in [0.29, 0.717) is 5.75 Å². The van der Waals surface area contributed by atoms with Gasteiger partial charge in [0.25, 0.3) is 10.1 Å². The highest BCUT2D eigenvalue weighted by Gasteiger charge is 2.09. The van der Waals surface area contributed by atoms with Gasteiger partial charge < -0.3 is 4.74 Å². The lowest BCUT2D eigenvalue weighted by atomic mass is 10.3. The Morgan fingerprint density at radius 3 is 2.22 bits per heavy atom. The van der Waals surface area contributed by atoms with Gasteiger partial charge in [-0.25, -0.2) is 4.98 Å². The molecule has 0 aliphatic rings. The molecule has 2 aromatic rings. The molecule has 1 heterocycles. The number of aromatic nitrogens is 1. The number of hydrogen-bond donors (Lipinski definition) is 1. The molecule has 96 valence electrons. The van der Waals surface area contributed by atoms with Crippen molar-refractivity contribution in [1.82, 2.24) is 4.98 Å². The highest BCUT2D eigenvalue weighted by molar-refractivity contribution is 7.85. The van der Waals surface area contributed by atoms with E-state index in [1.807, 2.05) is 18.2 Å². The van der Waals surface area contributed by atoms with Crippen LogP contribution >= 0.6 is 12.4 Å². The molecule has 1 N–H and O–H groups in total. The summed E-state index contributed by atoms with van der Waals surface area (Å²) in [5.41, 5.74) is 0. The summed E-state index contributed by atoms with van der Waals surface area (Å²) in [5, 5.41) is 0. The van der Waals surface area contributed by atoms with Crippen LogP contribution in [0, 0.1) is 0 Å². The Balaban J connectivity index is 0.00000162. The van der Waals surface area contributed by atoms with Gasteiger partial charge in [-0.3, -0.25) is 4.55 Å². The maximum atomic E-state index is 10.8. The van der Waals surface area contributed by atoms with Crippen molar-refractivity contribution in [1.29, 1.82) is 0 Å². The van der Waals surface area contributed by atoms with Crippen molar-refractivity contribution >= 4 is 22.5 Å². The van der Waals surface area contributed by atoms with Gasteiger partial charge in [0, 0.05) is 6.07 Å². The zero-order valence-corrected chi connectivity index (χ0v) is 10.7. The molecule has 0 saturated heterocycles. The van der Waals surface area contributed by atoms with Crippen molar-refractivity contribution in [3.63, 3.8) is 0 Å². The standard InChI is InChI=1S/C11H9NO4S.ClH/c13-17(14,15)10-6-7-11(12-8-10)16-9-4-2-1-3-5-9;/h1-8H,(H,13,14,15);1H. The summed E-state index contributed by atoms with van der Waals surface area (Å²) in [4.78, 5) is 3.51. The number of halogens is 1. The van der Waals surface area contributed by atoms with Crippen LogP contribution in [-0.2, 0) is 10.1 Å². The van der Waals surface area contributed by atoms with Crippen LogP contribution < -0.4 is 4.74 Å². The Labute approximate surface area is 111 Å². The minimum atomic E-state index is -4.21. The minimum absolute atomic E-state index is 0. The quantitative estimate of drug-likeness (QED) is 0.878. The SMILES string of the molecule is Cl.O=S(=O)(O)c1ccc(Oc2ccccc2)nc1. The number of pyridine rings is 1. The zero-order valence-electron chi connectivity index (χ0n) is 9.05. The van der Waals surface area contributed by atoms with E-state index in [-0.39, 0.29) is 23.2 Å². The van der Waals surface area contributed by atoms with Gasteiger partial charge in [0.05, 0.1) is 6.20 Å². The second-order valence-electron chi connectivity index (χ2n) is 3.22. The number of benzene rings is 1. The molecular weight excluding hydrogens is 278 g/mol. The Kier molecular flexibility index (Phi) is 4.66. The molecule has 0 fully saturated rings. The summed E-state index contributed by atoms with van der Waals surface area (Å²) < 4.78 is 35.7. The molecule has 7 heteroatoms. The lowest BCUT2D eigenvalue weighted by molar-refractivity contribution is 0.460. The second-order valence-corrected chi connectivity index (χ2v) is 4.64. The Hall–Kier alpha value is -1.63. The van der Waals surface area contributed by atoms with Crippen LogP contribution in [0.5, 0.6) is 11.6 Å². The van der Waals surface area contributed by atoms with Crippen molar-refractivity contribution in [2.24, 2.45) is 0 Å². The molecule has 0 aliphatic carbocycles. The minimum Gasteiger partial charge on any atom is -0.439 e. The first kappa shape index (κ1) is 14.4. The van der Waals surface area contributed by atoms with Gasteiger partial charge >= 0.3 is 0 Å². The molecule has 0 bridgehead atoms. The third-order valence-corrected chi connectivity index (χ3v) is 2.81. The molecule has 2 rings (SSSR count). The smallest absolute Gasteiger partial charge is 0.296 e. The number of nitrogens with zero attached hydrogens (tertiary/aromatic N) is 1. The van der Waals surface area contributed by atoms with Gasteiger partial charge in [0.15, 0.2) is 0 Å². The Bertz CT molecular complexity index is 599. The van der Waals surface area contributed by atoms with E-state index in [9.17, 15) is 8.42 Å². The first-order valence-corrected chi connectivity index (χ1v) is 6.16. The van der Waals surface area contributed by atoms with Crippen LogP contribution in [0.15, 0.2) is 53.6 Å². The van der Waals surface area contributed by atoms with Crippen molar-refractivity contribution < 1.29 is 17.7 Å². The van der Waals surface area contributed by atoms with E-state index in [0.717, 1.165) is 6.20 Å². The molecule has 0 radical (unpaired) electrons. The molecule has 0 atom stereocenters. The normalized spacial score (nSPS) is 10.5. The van der Waals surface area contributed by atoms with E-state index >= 15 is 0 Å². The highest BCUT2D eigenvalue weighted by atomic mass is 35.5. The predicted molar refractivity (Wildman–Crippen MR) is 67.8 cm³/mol. The monoisotopic (exact) mass is 287 g/mol.